The van der Waals surface area contributed by atoms with Crippen LogP contribution in [0.5, 0.6) is 0 Å². The first-order valence-corrected chi connectivity index (χ1v) is 4.41. The van der Waals surface area contributed by atoms with Crippen molar-refractivity contribution in [3.05, 3.63) is 11.4 Å². The average Bonchev–Trinajstić information content (AvgIpc) is 2.39. The third-order valence-electron chi connectivity index (χ3n) is 0.982. The number of hydrogen-bond acceptors (Lipinski definition) is 4. The van der Waals surface area contributed by atoms with E-state index >= 15 is 0 Å². The maximum Gasteiger partial charge on any atom is 0.211 e. The molecule has 0 atom stereocenters. The smallest absolute Gasteiger partial charge is 0.211 e. The molecule has 0 aromatic carbocycles. The Morgan fingerprint density at radius 1 is 1.82 bits per heavy atom. The highest BCUT2D eigenvalue weighted by Crippen LogP contribution is 2.31. The molecule has 0 fully saturated rings. The van der Waals surface area contributed by atoms with Crippen molar-refractivity contribution in [2.45, 2.75) is 4.21 Å². The second-order valence-electron chi connectivity index (χ2n) is 1.58. The molecule has 0 aliphatic carbocycles. The zero-order valence-electron chi connectivity index (χ0n) is 5.40. The fourth-order valence-corrected chi connectivity index (χ4v) is 1.96. The number of thiocyanates is 1. The van der Waals surface area contributed by atoms with E-state index in [4.69, 9.17) is 5.26 Å². The Labute approximate surface area is 72.0 Å². The van der Waals surface area contributed by atoms with Crippen molar-refractivity contribution in [1.29, 1.82) is 5.26 Å². The summed E-state index contributed by atoms with van der Waals surface area (Å²) < 4.78 is 0.819. The molecule has 1 aromatic rings. The summed E-state index contributed by atoms with van der Waals surface area (Å²) in [5.74, 6) is 0. The number of nitriles is 1. The molecule has 1 aromatic heterocycles. The Kier molecular flexibility index (Phi) is 2.95. The maximum absolute atomic E-state index is 10.0. The molecular weight excluding hydrogens is 180 g/mol. The largest absolute Gasteiger partial charge is 0.327 e. The van der Waals surface area contributed by atoms with Crippen LogP contribution < -0.4 is 5.32 Å². The first-order valence-electron chi connectivity index (χ1n) is 2.72. The number of hydrogen-bond donors (Lipinski definition) is 1. The van der Waals surface area contributed by atoms with Gasteiger partial charge in [0.05, 0.1) is 9.90 Å². The number of nitrogens with one attached hydrogen (secondary N) is 1. The van der Waals surface area contributed by atoms with E-state index in [2.05, 4.69) is 5.32 Å². The quantitative estimate of drug-likeness (QED) is 0.443. The third-order valence-corrected chi connectivity index (χ3v) is 2.72. The molecular formula is C6H4N2OS2. The molecule has 56 valence electrons. The van der Waals surface area contributed by atoms with Crippen LogP contribution in [0.1, 0.15) is 0 Å². The summed E-state index contributed by atoms with van der Waals surface area (Å²) in [5, 5.41) is 14.6. The van der Waals surface area contributed by atoms with Crippen molar-refractivity contribution in [3.8, 4) is 5.40 Å². The number of rotatable bonds is 3. The van der Waals surface area contributed by atoms with Gasteiger partial charge in [-0.2, -0.15) is 5.26 Å². The molecule has 0 spiro atoms. The molecule has 0 aliphatic heterocycles. The lowest BCUT2D eigenvalue weighted by molar-refractivity contribution is -0.105. The van der Waals surface area contributed by atoms with Gasteiger partial charge in [0.2, 0.25) is 6.41 Å². The van der Waals surface area contributed by atoms with Crippen LogP contribution in [0.4, 0.5) is 5.69 Å². The zero-order valence-corrected chi connectivity index (χ0v) is 7.04. The van der Waals surface area contributed by atoms with Gasteiger partial charge in [0.25, 0.3) is 0 Å². The lowest BCUT2D eigenvalue weighted by atomic mass is 10.5. The number of carbonyl (C=O) groups is 1. The van der Waals surface area contributed by atoms with E-state index in [1.54, 1.807) is 6.07 Å². The minimum absolute atomic E-state index is 0.601. The van der Waals surface area contributed by atoms with Crippen molar-refractivity contribution < 1.29 is 4.79 Å². The standard InChI is InChI=1S/C6H4N2OS2/c7-3-11-6-5(8-4-9)1-2-10-6/h1-2,4H,(H,8,9). The minimum Gasteiger partial charge on any atom is -0.327 e. The molecule has 11 heavy (non-hydrogen) atoms. The van der Waals surface area contributed by atoms with Crippen molar-refractivity contribution >= 4 is 35.2 Å². The van der Waals surface area contributed by atoms with E-state index in [9.17, 15) is 4.79 Å². The molecule has 0 bridgehead atoms. The summed E-state index contributed by atoms with van der Waals surface area (Å²) in [6.45, 7) is 0. The number of thiophene rings is 1. The summed E-state index contributed by atoms with van der Waals surface area (Å²) in [5.41, 5.74) is 0.705. The van der Waals surface area contributed by atoms with Gasteiger partial charge in [-0.05, 0) is 11.4 Å². The molecule has 1 rings (SSSR count). The molecule has 1 heterocycles. The SMILES string of the molecule is N#CSc1sccc1NC=O. The summed E-state index contributed by atoms with van der Waals surface area (Å²) >= 11 is 2.48. The Morgan fingerprint density at radius 2 is 2.64 bits per heavy atom. The van der Waals surface area contributed by atoms with Gasteiger partial charge in [-0.3, -0.25) is 4.79 Å². The molecule has 0 radical (unpaired) electrons. The number of anilines is 1. The van der Waals surface area contributed by atoms with Gasteiger partial charge >= 0.3 is 0 Å². The predicted octanol–water partition coefficient (Wildman–Crippen LogP) is 1.89. The predicted molar refractivity (Wildman–Crippen MR) is 45.5 cm³/mol. The van der Waals surface area contributed by atoms with E-state index < -0.39 is 0 Å². The van der Waals surface area contributed by atoms with Gasteiger partial charge < -0.3 is 5.32 Å². The van der Waals surface area contributed by atoms with Crippen LogP contribution in [0.2, 0.25) is 0 Å². The first kappa shape index (κ1) is 8.11. The summed E-state index contributed by atoms with van der Waals surface area (Å²) in [6, 6.07) is 1.76. The van der Waals surface area contributed by atoms with Crippen molar-refractivity contribution in [2.75, 3.05) is 5.32 Å². The zero-order chi connectivity index (χ0) is 8.10. The number of amides is 1. The van der Waals surface area contributed by atoms with Gasteiger partial charge in [-0.25, -0.2) is 0 Å². The molecule has 0 saturated heterocycles. The van der Waals surface area contributed by atoms with E-state index in [0.29, 0.717) is 12.1 Å². The fourth-order valence-electron chi connectivity index (χ4n) is 0.586. The van der Waals surface area contributed by atoms with Gasteiger partial charge in [0.1, 0.15) is 5.40 Å². The maximum atomic E-state index is 10.0. The Hall–Kier alpha value is -0.990. The molecule has 5 heteroatoms. The number of thioether (sulfide) groups is 1. The van der Waals surface area contributed by atoms with E-state index in [1.807, 2.05) is 10.8 Å². The Bertz CT molecular complexity index is 289. The Morgan fingerprint density at radius 3 is 3.27 bits per heavy atom. The second-order valence-corrected chi connectivity index (χ2v) is 3.55. The first-order chi connectivity index (χ1) is 5.38. The fraction of sp³-hybridized carbons (Fsp3) is 0. The van der Waals surface area contributed by atoms with Crippen LogP contribution in [0.3, 0.4) is 0 Å². The second kappa shape index (κ2) is 4.01. The van der Waals surface area contributed by atoms with E-state index in [-0.39, 0.29) is 0 Å². The van der Waals surface area contributed by atoms with Crippen molar-refractivity contribution in [3.63, 3.8) is 0 Å². The highest BCUT2D eigenvalue weighted by Gasteiger charge is 2.02. The van der Waals surface area contributed by atoms with Crippen LogP contribution >= 0.6 is 23.1 Å². The highest BCUT2D eigenvalue weighted by molar-refractivity contribution is 8.05. The highest BCUT2D eigenvalue weighted by atomic mass is 32.2. The molecule has 0 unspecified atom stereocenters. The van der Waals surface area contributed by atoms with Crippen LogP contribution in [0.15, 0.2) is 15.7 Å². The van der Waals surface area contributed by atoms with Crippen molar-refractivity contribution in [2.24, 2.45) is 0 Å². The number of carbonyl (C=O) groups excluding carboxylic acids is 1. The van der Waals surface area contributed by atoms with Gasteiger partial charge in [0.15, 0.2) is 0 Å². The summed E-state index contributed by atoms with van der Waals surface area (Å²) in [4.78, 5) is 10.0. The normalized spacial score (nSPS) is 8.64. The van der Waals surface area contributed by atoms with Crippen molar-refractivity contribution in [1.82, 2.24) is 0 Å². The van der Waals surface area contributed by atoms with Gasteiger partial charge in [-0.15, -0.1) is 11.3 Å². The minimum atomic E-state index is 0.601. The molecule has 0 saturated carbocycles. The number of nitrogens with zero attached hydrogens (tertiary/aromatic N) is 1. The lowest BCUT2D eigenvalue weighted by Crippen LogP contribution is -1.91. The van der Waals surface area contributed by atoms with Gasteiger partial charge in [-0.1, -0.05) is 0 Å². The third kappa shape index (κ3) is 1.97. The average molecular weight is 184 g/mol. The van der Waals surface area contributed by atoms with Crippen LogP contribution in [-0.4, -0.2) is 6.41 Å². The lowest BCUT2D eigenvalue weighted by Gasteiger charge is -1.93. The summed E-state index contributed by atoms with van der Waals surface area (Å²) in [7, 11) is 0. The molecule has 1 amide bonds. The topological polar surface area (TPSA) is 52.9 Å². The monoisotopic (exact) mass is 184 g/mol. The molecule has 0 aliphatic rings. The van der Waals surface area contributed by atoms with Crippen LogP contribution in [0, 0.1) is 10.7 Å². The van der Waals surface area contributed by atoms with E-state index in [1.165, 1.54) is 11.3 Å². The summed E-state index contributed by atoms with van der Waals surface area (Å²) in [6.07, 6.45) is 0.601. The van der Waals surface area contributed by atoms with Gasteiger partial charge in [0, 0.05) is 11.8 Å². The Balaban J connectivity index is 2.79. The molecule has 3 nitrogen and oxygen atoms in total. The van der Waals surface area contributed by atoms with E-state index in [0.717, 1.165) is 16.0 Å². The molecule has 1 N–H and O–H groups in total. The van der Waals surface area contributed by atoms with Crippen LogP contribution in [-0.2, 0) is 4.79 Å². The van der Waals surface area contributed by atoms with Crippen LogP contribution in [0.25, 0.3) is 0 Å².